The lowest BCUT2D eigenvalue weighted by atomic mass is 9.72. The van der Waals surface area contributed by atoms with Gasteiger partial charge in [-0.15, -0.1) is 0 Å². The van der Waals surface area contributed by atoms with Crippen LogP contribution < -0.4 is 20.9 Å². The Bertz CT molecular complexity index is 4130. The molecule has 3 aliphatic heterocycles. The lowest BCUT2D eigenvalue weighted by molar-refractivity contribution is 0.0730. The second kappa shape index (κ2) is 25.8. The van der Waals surface area contributed by atoms with Crippen LogP contribution in [0.3, 0.4) is 0 Å². The first-order valence-electron chi connectivity index (χ1n) is 32.6. The number of hydrogen-bond donors (Lipinski definition) is 8. The molecular formula is C71H87N17O4. The lowest BCUT2D eigenvalue weighted by Crippen LogP contribution is -2.62. The lowest BCUT2D eigenvalue weighted by Gasteiger charge is -2.49. The molecule has 0 radical (unpaired) electrons. The van der Waals surface area contributed by atoms with Crippen LogP contribution in [0, 0.1) is 18.4 Å². The number of aromatic amines is 2. The van der Waals surface area contributed by atoms with Crippen molar-refractivity contribution in [3.8, 4) is 84.4 Å². The Labute approximate surface area is 543 Å². The van der Waals surface area contributed by atoms with Crippen LogP contribution in [0.25, 0.3) is 72.0 Å². The highest BCUT2D eigenvalue weighted by Gasteiger charge is 2.45. The summed E-state index contributed by atoms with van der Waals surface area (Å²) >= 11 is 0. The summed E-state index contributed by atoms with van der Waals surface area (Å²) in [6, 6.07) is 15.9. The van der Waals surface area contributed by atoms with Crippen LogP contribution in [0.5, 0.6) is 17.2 Å². The standard InChI is InChI=1S/C24H32N6O.C24H28N6O.C23H27N5O2/c1-23(2)10-18(11-24(3,4)28-23)30(6)22-14-25-20(13-26-22)19-8-7-16(9-21(19)31)17-12-27-29(5)15-17;1-23(2)9-16(10-24(3,4)30-23)22(25-5)20-14-26-19(13-27-20)18-7-6-15(8-21(18)31)17-11-28-29-12-17;1-22(2)8-15(9-23(3,4)28-22)21(30)19-13-24-18(12-25-19)17-6-5-14(7-20(17)29)16-10-26-27-11-16/h7-9,12-15,18,28,31H,10-11H2,1-6H3;6-8,11-14,16,22,30-31H,9-10H2,1-4H3,(H,28,29);5-7,10-13,15,28-29H,8-9H2,1-4H3,(H,26,27)/i5D3;;. The van der Waals surface area contributed by atoms with Crippen molar-refractivity contribution in [2.75, 3.05) is 11.9 Å². The topological polar surface area (TPSA) is 274 Å². The predicted octanol–water partition coefficient (Wildman–Crippen LogP) is 12.7. The number of hydrogen-bond acceptors (Lipinski definition) is 17. The van der Waals surface area contributed by atoms with Crippen LogP contribution in [0.2, 0.25) is 0 Å². The molecule has 0 saturated carbocycles. The van der Waals surface area contributed by atoms with Gasteiger partial charge in [0, 0.05) is 121 Å². The summed E-state index contributed by atoms with van der Waals surface area (Å²) in [5.74, 6) is 1.18. The van der Waals surface area contributed by atoms with E-state index >= 15 is 0 Å². The first-order chi connectivity index (χ1) is 44.5. The summed E-state index contributed by atoms with van der Waals surface area (Å²) in [6.07, 6.45) is 25.0. The van der Waals surface area contributed by atoms with E-state index in [1.165, 1.54) is 18.6 Å². The summed E-state index contributed by atoms with van der Waals surface area (Å²) in [7, 11) is 2.05. The van der Waals surface area contributed by atoms with Crippen LogP contribution >= 0.6 is 0 Å². The molecule has 0 aliphatic carbocycles. The minimum Gasteiger partial charge on any atom is -0.507 e. The third-order valence-corrected chi connectivity index (χ3v) is 17.4. The van der Waals surface area contributed by atoms with Crippen LogP contribution in [-0.4, -0.2) is 128 Å². The number of anilines is 1. The number of nitrogens with zero attached hydrogens (tertiary/aromatic N) is 12. The van der Waals surface area contributed by atoms with Gasteiger partial charge in [-0.05, 0) is 175 Å². The summed E-state index contributed by atoms with van der Waals surface area (Å²) in [4.78, 5) is 46.3. The van der Waals surface area contributed by atoms with Crippen molar-refractivity contribution in [1.29, 1.82) is 0 Å². The number of aromatic nitrogens is 12. The zero-order valence-corrected chi connectivity index (χ0v) is 54.8. The first-order valence-corrected chi connectivity index (χ1v) is 31.1. The van der Waals surface area contributed by atoms with E-state index in [-0.39, 0.29) is 74.1 Å². The second-order valence-corrected chi connectivity index (χ2v) is 28.8. The Morgan fingerprint density at radius 1 is 0.554 bits per heavy atom. The van der Waals surface area contributed by atoms with Crippen molar-refractivity contribution in [1.82, 2.24) is 76.0 Å². The highest BCUT2D eigenvalue weighted by Crippen LogP contribution is 2.43. The smallest absolute Gasteiger partial charge is 0.269 e. The van der Waals surface area contributed by atoms with E-state index in [2.05, 4.69) is 171 Å². The molecular weight excluding hydrogens is 1150 g/mol. The van der Waals surface area contributed by atoms with Crippen molar-refractivity contribution in [3.63, 3.8) is 0 Å². The van der Waals surface area contributed by atoms with Gasteiger partial charge in [0.2, 0.25) is 0 Å². The van der Waals surface area contributed by atoms with Crippen LogP contribution in [0.4, 0.5) is 5.82 Å². The van der Waals surface area contributed by atoms with Crippen LogP contribution in [0.15, 0.2) is 129 Å². The molecule has 1 unspecified atom stereocenters. The molecule has 3 aromatic carbocycles. The average molecular weight is 1250 g/mol. The highest BCUT2D eigenvalue weighted by molar-refractivity contribution is 5.96. The number of nitrogens with one attached hydrogen (secondary N) is 5. The van der Waals surface area contributed by atoms with Gasteiger partial charge in [0.05, 0.1) is 72.9 Å². The van der Waals surface area contributed by atoms with Gasteiger partial charge < -0.3 is 41.0 Å². The third-order valence-electron chi connectivity index (χ3n) is 17.4. The molecule has 480 valence electrons. The molecule has 12 rings (SSSR count). The van der Waals surface area contributed by atoms with E-state index in [1.54, 1.807) is 92.2 Å². The van der Waals surface area contributed by atoms with Gasteiger partial charge in [-0.3, -0.25) is 34.6 Å². The number of phenolic OH excluding ortho intramolecular Hbond substituents is 3. The SMILES string of the molecule is CC1(C)CC(C(=O)c2cnc(-c3ccc(-c4cn[nH]c4)cc3O)cn2)CC(C)(C)N1.[2H]C([2H])([2H])n1cc(-c2ccc(-c3cnc(N(C)C4CC(C)(C)NC(C)(C)C4)cn3)c(O)c2)cn1.[C-]#[N+]C(c1cnc(-c2ccc(-c3cn[nH]c3)cc2O)cn1)C1CC(C)(C)NC(C)(C)C1. The monoisotopic (exact) mass is 1240 g/mol. The molecule has 0 bridgehead atoms. The van der Waals surface area contributed by atoms with E-state index in [0.717, 1.165) is 71.3 Å². The number of aromatic hydroxyl groups is 3. The predicted molar refractivity (Wildman–Crippen MR) is 359 cm³/mol. The van der Waals surface area contributed by atoms with E-state index < -0.39 is 6.98 Å². The fourth-order valence-electron chi connectivity index (χ4n) is 14.4. The van der Waals surface area contributed by atoms with Crippen LogP contribution in [0.1, 0.15) is 148 Å². The Morgan fingerprint density at radius 3 is 1.39 bits per heavy atom. The summed E-state index contributed by atoms with van der Waals surface area (Å²) in [6.45, 7) is 31.6. The number of benzene rings is 3. The molecule has 21 nitrogen and oxygen atoms in total. The molecule has 0 amide bonds. The number of rotatable bonds is 12. The molecule has 9 heterocycles. The number of H-pyrrole nitrogens is 2. The number of Topliss-reactive ketones (excluding diaryl/α,β-unsaturated/α-hetero) is 1. The zero-order valence-electron chi connectivity index (χ0n) is 57.8. The average Bonchev–Trinajstić information content (AvgIpc) is 1.37. The van der Waals surface area contributed by atoms with Crippen molar-refractivity contribution < 1.29 is 24.2 Å². The fraction of sp³-hybridized carbons (Fsp3) is 0.423. The van der Waals surface area contributed by atoms with E-state index in [9.17, 15) is 20.1 Å². The minimum absolute atomic E-state index is 0.0243. The van der Waals surface area contributed by atoms with E-state index in [1.807, 2.05) is 18.2 Å². The number of piperidine rings is 3. The molecule has 0 spiro atoms. The van der Waals surface area contributed by atoms with Gasteiger partial charge in [-0.1, -0.05) is 18.2 Å². The molecule has 8 N–H and O–H groups in total. The molecule has 3 aliphatic rings. The molecule has 9 aromatic rings. The van der Waals surface area contributed by atoms with Crippen molar-refractivity contribution in [3.05, 3.63) is 152 Å². The normalized spacial score (nSPS) is 19.1. The Balaban J connectivity index is 0.000000156. The molecule has 1 atom stereocenters. The largest absolute Gasteiger partial charge is 0.507 e. The van der Waals surface area contributed by atoms with Crippen molar-refractivity contribution >= 4 is 11.6 Å². The Morgan fingerprint density at radius 2 is 1.00 bits per heavy atom. The van der Waals surface area contributed by atoms with Gasteiger partial charge in [-0.2, -0.15) is 15.3 Å². The van der Waals surface area contributed by atoms with Crippen LogP contribution in [-0.2, 0) is 6.98 Å². The maximum Gasteiger partial charge on any atom is 0.269 e. The van der Waals surface area contributed by atoms with Gasteiger partial charge in [0.1, 0.15) is 34.5 Å². The fourth-order valence-corrected chi connectivity index (χ4v) is 14.4. The van der Waals surface area contributed by atoms with Gasteiger partial charge in [0.25, 0.3) is 6.04 Å². The molecule has 92 heavy (non-hydrogen) atoms. The quantitative estimate of drug-likeness (QED) is 0.0417. The maximum atomic E-state index is 13.1. The maximum absolute atomic E-state index is 13.1. The third kappa shape index (κ3) is 15.7. The minimum atomic E-state index is -2.34. The molecule has 3 saturated heterocycles. The first kappa shape index (κ1) is 61.6. The van der Waals surface area contributed by atoms with Crippen molar-refractivity contribution in [2.45, 2.75) is 167 Å². The van der Waals surface area contributed by atoms with Gasteiger partial charge >= 0.3 is 0 Å². The molecule has 21 heteroatoms. The number of phenols is 3. The van der Waals surface area contributed by atoms with Gasteiger partial charge in [0.15, 0.2) is 5.78 Å². The summed E-state index contributed by atoms with van der Waals surface area (Å²) < 4.78 is 23.3. The highest BCUT2D eigenvalue weighted by atomic mass is 16.3. The second-order valence-electron chi connectivity index (χ2n) is 28.8. The number of ketones is 1. The zero-order chi connectivity index (χ0) is 68.6. The number of carbonyl (C=O) groups is 1. The van der Waals surface area contributed by atoms with Gasteiger partial charge in [-0.25, -0.2) is 21.5 Å². The van der Waals surface area contributed by atoms with E-state index in [0.29, 0.717) is 62.3 Å². The summed E-state index contributed by atoms with van der Waals surface area (Å²) in [5.41, 5.74) is 8.97. The number of carbonyl (C=O) groups excluding carboxylic acids is 1. The molecule has 6 aromatic heterocycles. The Hall–Kier alpha value is -9.23. The summed E-state index contributed by atoms with van der Waals surface area (Å²) in [5, 5.41) is 59.9. The number of aryl methyl sites for hydroxylation is 1. The van der Waals surface area contributed by atoms with E-state index in [4.69, 9.17) is 10.7 Å². The molecule has 3 fully saturated rings. The Kier molecular flexibility index (Phi) is 17.3. The van der Waals surface area contributed by atoms with Crippen molar-refractivity contribution in [2.24, 2.45) is 18.8 Å².